The SMILES string of the molecule is CCCCCCCCCCCCCCOC(=O)CC(C)OS(=O)(=O)O. The molecule has 1 atom stereocenters. The Morgan fingerprint density at radius 2 is 1.32 bits per heavy atom. The molecule has 1 N–H and O–H groups in total. The van der Waals surface area contributed by atoms with E-state index in [1.165, 1.54) is 64.7 Å². The Balaban J connectivity index is 3.34. The monoisotopic (exact) mass is 380 g/mol. The van der Waals surface area contributed by atoms with E-state index in [-0.39, 0.29) is 6.42 Å². The summed E-state index contributed by atoms with van der Waals surface area (Å²) in [5, 5.41) is 0. The van der Waals surface area contributed by atoms with E-state index in [0.717, 1.165) is 19.3 Å². The number of rotatable bonds is 17. The highest BCUT2D eigenvalue weighted by molar-refractivity contribution is 7.80. The van der Waals surface area contributed by atoms with Gasteiger partial charge in [0.1, 0.15) is 0 Å². The number of hydrogen-bond donors (Lipinski definition) is 1. The van der Waals surface area contributed by atoms with Gasteiger partial charge in [-0.05, 0) is 13.3 Å². The minimum Gasteiger partial charge on any atom is -0.466 e. The van der Waals surface area contributed by atoms with E-state index < -0.39 is 22.5 Å². The molecule has 0 rings (SSSR count). The highest BCUT2D eigenvalue weighted by Gasteiger charge is 2.16. The quantitative estimate of drug-likeness (QED) is 0.221. The summed E-state index contributed by atoms with van der Waals surface area (Å²) in [6, 6.07) is 0. The predicted octanol–water partition coefficient (Wildman–Crippen LogP) is 4.83. The summed E-state index contributed by atoms with van der Waals surface area (Å²) < 4.78 is 38.8. The van der Waals surface area contributed by atoms with Crippen molar-refractivity contribution in [3.05, 3.63) is 0 Å². The second-order valence-electron chi connectivity index (χ2n) is 6.65. The number of ether oxygens (including phenoxy) is 1. The van der Waals surface area contributed by atoms with Crippen molar-refractivity contribution >= 4 is 16.4 Å². The fourth-order valence-electron chi connectivity index (χ4n) is 2.66. The van der Waals surface area contributed by atoms with Crippen LogP contribution in [-0.4, -0.2) is 31.7 Å². The summed E-state index contributed by atoms with van der Waals surface area (Å²) in [5.74, 6) is -0.515. The molecule has 0 aliphatic heterocycles. The first-order valence-corrected chi connectivity index (χ1v) is 11.0. The van der Waals surface area contributed by atoms with Crippen LogP contribution in [0.4, 0.5) is 0 Å². The number of esters is 1. The van der Waals surface area contributed by atoms with Crippen molar-refractivity contribution in [3.8, 4) is 0 Å². The van der Waals surface area contributed by atoms with E-state index >= 15 is 0 Å². The lowest BCUT2D eigenvalue weighted by atomic mass is 10.1. The maximum absolute atomic E-state index is 11.5. The molecule has 0 aliphatic rings. The van der Waals surface area contributed by atoms with Gasteiger partial charge in [0, 0.05) is 0 Å². The predicted molar refractivity (Wildman–Crippen MR) is 98.7 cm³/mol. The lowest BCUT2D eigenvalue weighted by Crippen LogP contribution is -2.20. The molecule has 0 aromatic rings. The van der Waals surface area contributed by atoms with Crippen molar-refractivity contribution in [2.45, 2.75) is 103 Å². The Kier molecular flexibility index (Phi) is 15.2. The molecule has 0 aromatic heterocycles. The van der Waals surface area contributed by atoms with Gasteiger partial charge >= 0.3 is 16.4 Å². The largest absolute Gasteiger partial charge is 0.466 e. The standard InChI is InChI=1S/C18H36O6S/c1-3-4-5-6-7-8-9-10-11-12-13-14-15-23-18(19)16-17(2)24-25(20,21)22/h17H,3-16H2,1-2H3,(H,20,21,22). The Bertz CT molecular complexity index is 421. The first-order chi connectivity index (χ1) is 11.8. The summed E-state index contributed by atoms with van der Waals surface area (Å²) in [4.78, 5) is 11.5. The van der Waals surface area contributed by atoms with Crippen molar-refractivity contribution in [2.24, 2.45) is 0 Å². The van der Waals surface area contributed by atoms with E-state index in [4.69, 9.17) is 9.29 Å². The van der Waals surface area contributed by atoms with Gasteiger partial charge in [-0.25, -0.2) is 4.18 Å². The van der Waals surface area contributed by atoms with Gasteiger partial charge in [-0.3, -0.25) is 9.35 Å². The van der Waals surface area contributed by atoms with Crippen LogP contribution in [0, 0.1) is 0 Å². The van der Waals surface area contributed by atoms with Crippen LogP contribution in [0.15, 0.2) is 0 Å². The first kappa shape index (κ1) is 24.3. The first-order valence-electron chi connectivity index (χ1n) is 9.66. The fourth-order valence-corrected chi connectivity index (χ4v) is 3.15. The molecule has 150 valence electrons. The zero-order valence-electron chi connectivity index (χ0n) is 15.9. The minimum atomic E-state index is -4.53. The number of hydrogen-bond acceptors (Lipinski definition) is 5. The molecular formula is C18H36O6S. The Morgan fingerprint density at radius 1 is 0.880 bits per heavy atom. The van der Waals surface area contributed by atoms with Gasteiger partial charge < -0.3 is 4.74 Å². The zero-order chi connectivity index (χ0) is 19.0. The topological polar surface area (TPSA) is 89.9 Å². The molecule has 0 heterocycles. The molecule has 0 aromatic carbocycles. The van der Waals surface area contributed by atoms with Crippen LogP contribution in [0.3, 0.4) is 0 Å². The molecule has 0 bridgehead atoms. The molecule has 25 heavy (non-hydrogen) atoms. The number of carbonyl (C=O) groups excluding carboxylic acids is 1. The molecule has 0 fully saturated rings. The Hall–Kier alpha value is -0.660. The maximum atomic E-state index is 11.5. The summed E-state index contributed by atoms with van der Waals surface area (Å²) >= 11 is 0. The molecule has 0 saturated carbocycles. The van der Waals surface area contributed by atoms with Gasteiger partial charge in [0.05, 0.1) is 19.1 Å². The third-order valence-electron chi connectivity index (χ3n) is 4.00. The smallest absolute Gasteiger partial charge is 0.397 e. The van der Waals surface area contributed by atoms with Crippen LogP contribution in [0.2, 0.25) is 0 Å². The summed E-state index contributed by atoms with van der Waals surface area (Å²) in [5.41, 5.74) is 0. The van der Waals surface area contributed by atoms with Crippen molar-refractivity contribution in [1.82, 2.24) is 0 Å². The molecule has 0 amide bonds. The summed E-state index contributed by atoms with van der Waals surface area (Å²) in [6.45, 7) is 3.97. The van der Waals surface area contributed by atoms with Gasteiger partial charge in [0.2, 0.25) is 0 Å². The van der Waals surface area contributed by atoms with Crippen molar-refractivity contribution < 1.29 is 26.7 Å². The van der Waals surface area contributed by atoms with Crippen LogP contribution in [0.5, 0.6) is 0 Å². The zero-order valence-corrected chi connectivity index (χ0v) is 16.7. The van der Waals surface area contributed by atoms with E-state index in [1.54, 1.807) is 0 Å². The Labute approximate surface area is 153 Å². The molecule has 0 spiro atoms. The van der Waals surface area contributed by atoms with E-state index in [0.29, 0.717) is 6.61 Å². The van der Waals surface area contributed by atoms with Crippen LogP contribution >= 0.6 is 0 Å². The molecule has 0 saturated heterocycles. The average Bonchev–Trinajstić information content (AvgIpc) is 2.49. The fraction of sp³-hybridized carbons (Fsp3) is 0.944. The Morgan fingerprint density at radius 3 is 1.76 bits per heavy atom. The normalized spacial score (nSPS) is 12.9. The second-order valence-corrected chi connectivity index (χ2v) is 7.70. The van der Waals surface area contributed by atoms with Gasteiger partial charge in [-0.1, -0.05) is 77.6 Å². The molecule has 0 aliphatic carbocycles. The average molecular weight is 381 g/mol. The third kappa shape index (κ3) is 19.5. The molecule has 7 heteroatoms. The van der Waals surface area contributed by atoms with Crippen LogP contribution in [-0.2, 0) is 24.1 Å². The summed E-state index contributed by atoms with van der Waals surface area (Å²) in [7, 11) is -4.53. The van der Waals surface area contributed by atoms with Gasteiger partial charge in [0.15, 0.2) is 0 Å². The molecular weight excluding hydrogens is 344 g/mol. The number of unbranched alkanes of at least 4 members (excludes halogenated alkanes) is 11. The highest BCUT2D eigenvalue weighted by Crippen LogP contribution is 2.12. The van der Waals surface area contributed by atoms with Crippen molar-refractivity contribution in [3.63, 3.8) is 0 Å². The van der Waals surface area contributed by atoms with E-state index in [1.807, 2.05) is 0 Å². The van der Waals surface area contributed by atoms with Crippen molar-refractivity contribution in [2.75, 3.05) is 6.61 Å². The highest BCUT2D eigenvalue weighted by atomic mass is 32.3. The van der Waals surface area contributed by atoms with Crippen LogP contribution in [0.25, 0.3) is 0 Å². The lowest BCUT2D eigenvalue weighted by molar-refractivity contribution is -0.145. The van der Waals surface area contributed by atoms with Gasteiger partial charge in [-0.2, -0.15) is 8.42 Å². The van der Waals surface area contributed by atoms with Crippen LogP contribution in [0.1, 0.15) is 97.3 Å². The third-order valence-corrected chi connectivity index (χ3v) is 4.57. The summed E-state index contributed by atoms with van der Waals surface area (Å²) in [6.07, 6.45) is 13.8. The van der Waals surface area contributed by atoms with Crippen LogP contribution < -0.4 is 0 Å². The maximum Gasteiger partial charge on any atom is 0.397 e. The lowest BCUT2D eigenvalue weighted by Gasteiger charge is -2.09. The van der Waals surface area contributed by atoms with E-state index in [2.05, 4.69) is 11.1 Å². The number of carbonyl (C=O) groups is 1. The minimum absolute atomic E-state index is 0.196. The molecule has 0 radical (unpaired) electrons. The van der Waals surface area contributed by atoms with Gasteiger partial charge in [-0.15, -0.1) is 0 Å². The molecule has 1 unspecified atom stereocenters. The molecule has 6 nitrogen and oxygen atoms in total. The van der Waals surface area contributed by atoms with Crippen molar-refractivity contribution in [1.29, 1.82) is 0 Å². The van der Waals surface area contributed by atoms with Gasteiger partial charge in [0.25, 0.3) is 0 Å². The second kappa shape index (κ2) is 15.6. The van der Waals surface area contributed by atoms with E-state index in [9.17, 15) is 13.2 Å².